The third-order valence-corrected chi connectivity index (χ3v) is 2.63. The number of esters is 1. The first-order valence-electron chi connectivity index (χ1n) is 5.12. The van der Waals surface area contributed by atoms with Gasteiger partial charge in [-0.05, 0) is 22.9 Å². The second-order valence-electron chi connectivity index (χ2n) is 3.42. The van der Waals surface area contributed by atoms with Gasteiger partial charge in [0, 0.05) is 13.1 Å². The number of pyridine rings is 1. The van der Waals surface area contributed by atoms with Crippen molar-refractivity contribution < 1.29 is 14.5 Å². The minimum Gasteiger partial charge on any atom is -0.465 e. The Morgan fingerprint density at radius 1 is 1.67 bits per heavy atom. The largest absolute Gasteiger partial charge is 0.465 e. The van der Waals surface area contributed by atoms with Gasteiger partial charge < -0.3 is 9.64 Å². The van der Waals surface area contributed by atoms with E-state index in [2.05, 4.69) is 20.9 Å². The number of aromatic nitrogens is 1. The molecule has 0 aromatic carbocycles. The third kappa shape index (κ3) is 3.66. The Labute approximate surface area is 112 Å². The van der Waals surface area contributed by atoms with Crippen LogP contribution in [-0.2, 0) is 9.53 Å². The maximum absolute atomic E-state index is 11.3. The fraction of sp³-hybridized carbons (Fsp3) is 0.400. The van der Waals surface area contributed by atoms with Gasteiger partial charge in [-0.2, -0.15) is 0 Å². The third-order valence-electron chi connectivity index (χ3n) is 2.05. The lowest BCUT2D eigenvalue weighted by molar-refractivity contribution is -0.385. The maximum Gasteiger partial charge on any atom is 0.325 e. The number of halogens is 1. The van der Waals surface area contributed by atoms with Gasteiger partial charge in [0.15, 0.2) is 0 Å². The second-order valence-corrected chi connectivity index (χ2v) is 4.27. The van der Waals surface area contributed by atoms with Crippen LogP contribution in [0.4, 0.5) is 11.5 Å². The molecule has 0 saturated heterocycles. The Hall–Kier alpha value is -1.70. The molecule has 0 fully saturated rings. The van der Waals surface area contributed by atoms with Crippen LogP contribution in [0, 0.1) is 10.1 Å². The molecule has 7 nitrogen and oxygen atoms in total. The van der Waals surface area contributed by atoms with E-state index in [0.717, 1.165) is 6.20 Å². The van der Waals surface area contributed by atoms with E-state index in [0.29, 0.717) is 16.9 Å². The van der Waals surface area contributed by atoms with Crippen molar-refractivity contribution in [3.8, 4) is 0 Å². The zero-order chi connectivity index (χ0) is 13.7. The number of nitrogens with zero attached hydrogens (tertiary/aromatic N) is 3. The van der Waals surface area contributed by atoms with Crippen molar-refractivity contribution in [3.63, 3.8) is 0 Å². The lowest BCUT2D eigenvalue weighted by Gasteiger charge is -2.17. The van der Waals surface area contributed by atoms with Gasteiger partial charge >= 0.3 is 5.97 Å². The number of anilines is 1. The number of hydrogen-bond donors (Lipinski definition) is 0. The van der Waals surface area contributed by atoms with Crippen molar-refractivity contribution in [2.75, 3.05) is 25.1 Å². The van der Waals surface area contributed by atoms with E-state index in [1.807, 2.05) is 0 Å². The molecule has 1 heterocycles. The molecule has 0 aliphatic heterocycles. The molecule has 1 rings (SSSR count). The van der Waals surface area contributed by atoms with Crippen molar-refractivity contribution in [2.45, 2.75) is 6.92 Å². The fourth-order valence-electron chi connectivity index (χ4n) is 1.28. The SMILES string of the molecule is CCOC(=O)CN(C)c1ncc([N+](=O)[O-])cc1Br. The summed E-state index contributed by atoms with van der Waals surface area (Å²) < 4.78 is 5.25. The molecule has 0 aliphatic carbocycles. The van der Waals surface area contributed by atoms with Crippen LogP contribution in [0.1, 0.15) is 6.92 Å². The molecule has 18 heavy (non-hydrogen) atoms. The van der Waals surface area contributed by atoms with Crippen LogP contribution in [-0.4, -0.2) is 36.1 Å². The first-order valence-corrected chi connectivity index (χ1v) is 5.91. The average Bonchev–Trinajstić information content (AvgIpc) is 2.28. The van der Waals surface area contributed by atoms with Crippen LogP contribution in [0.3, 0.4) is 0 Å². The van der Waals surface area contributed by atoms with Gasteiger partial charge in [0.25, 0.3) is 5.69 Å². The van der Waals surface area contributed by atoms with Gasteiger partial charge in [-0.1, -0.05) is 0 Å². The molecule has 0 spiro atoms. The Morgan fingerprint density at radius 3 is 2.83 bits per heavy atom. The van der Waals surface area contributed by atoms with Crippen LogP contribution in [0.25, 0.3) is 0 Å². The quantitative estimate of drug-likeness (QED) is 0.467. The second kappa shape index (κ2) is 6.29. The van der Waals surface area contributed by atoms with Crippen molar-refractivity contribution in [1.82, 2.24) is 4.98 Å². The highest BCUT2D eigenvalue weighted by Gasteiger charge is 2.15. The molecular weight excluding hydrogens is 306 g/mol. The zero-order valence-corrected chi connectivity index (χ0v) is 11.5. The predicted octanol–water partition coefficient (Wildman–Crippen LogP) is 1.75. The van der Waals surface area contributed by atoms with E-state index in [1.165, 1.54) is 6.07 Å². The number of carbonyl (C=O) groups excluding carboxylic acids is 1. The van der Waals surface area contributed by atoms with Gasteiger partial charge in [-0.3, -0.25) is 14.9 Å². The minimum atomic E-state index is -0.535. The van der Waals surface area contributed by atoms with E-state index in [4.69, 9.17) is 4.74 Å². The Balaban J connectivity index is 2.83. The Bertz CT molecular complexity index is 466. The molecule has 98 valence electrons. The van der Waals surface area contributed by atoms with Gasteiger partial charge in [0.2, 0.25) is 0 Å². The summed E-state index contributed by atoms with van der Waals surface area (Å²) in [5, 5.41) is 10.6. The molecule has 0 radical (unpaired) electrons. The Kier molecular flexibility index (Phi) is 5.02. The summed E-state index contributed by atoms with van der Waals surface area (Å²) in [5.41, 5.74) is -0.116. The molecule has 0 aliphatic rings. The monoisotopic (exact) mass is 317 g/mol. The number of nitro groups is 1. The van der Waals surface area contributed by atoms with Crippen molar-refractivity contribution in [3.05, 3.63) is 26.9 Å². The highest BCUT2D eigenvalue weighted by Crippen LogP contribution is 2.26. The highest BCUT2D eigenvalue weighted by molar-refractivity contribution is 9.10. The molecule has 0 N–H and O–H groups in total. The zero-order valence-electron chi connectivity index (χ0n) is 9.92. The summed E-state index contributed by atoms with van der Waals surface area (Å²) in [4.78, 5) is 26.8. The van der Waals surface area contributed by atoms with E-state index >= 15 is 0 Å². The molecule has 0 atom stereocenters. The topological polar surface area (TPSA) is 85.6 Å². The van der Waals surface area contributed by atoms with E-state index < -0.39 is 4.92 Å². The van der Waals surface area contributed by atoms with Gasteiger partial charge in [-0.25, -0.2) is 4.98 Å². The van der Waals surface area contributed by atoms with E-state index in [-0.39, 0.29) is 18.2 Å². The smallest absolute Gasteiger partial charge is 0.325 e. The summed E-state index contributed by atoms with van der Waals surface area (Å²) in [7, 11) is 1.65. The van der Waals surface area contributed by atoms with Crippen LogP contribution < -0.4 is 4.90 Å². The molecule has 8 heteroatoms. The summed E-state index contributed by atoms with van der Waals surface area (Å²) in [6.07, 6.45) is 1.14. The van der Waals surface area contributed by atoms with E-state index in [1.54, 1.807) is 18.9 Å². The summed E-state index contributed by atoms with van der Waals surface area (Å²) in [6, 6.07) is 1.34. The first kappa shape index (κ1) is 14.4. The van der Waals surface area contributed by atoms with Gasteiger partial charge in [0.1, 0.15) is 18.6 Å². The van der Waals surface area contributed by atoms with Crippen LogP contribution in [0.2, 0.25) is 0 Å². The van der Waals surface area contributed by atoms with Crippen molar-refractivity contribution >= 4 is 33.4 Å². The maximum atomic E-state index is 11.3. The van der Waals surface area contributed by atoms with Crippen LogP contribution >= 0.6 is 15.9 Å². The summed E-state index contributed by atoms with van der Waals surface area (Å²) >= 11 is 3.18. The fourth-order valence-corrected chi connectivity index (χ4v) is 1.92. The molecule has 0 unspecified atom stereocenters. The molecule has 0 saturated carbocycles. The number of likely N-dealkylation sites (N-methyl/N-ethyl adjacent to an activating group) is 1. The minimum absolute atomic E-state index is 0.0251. The number of hydrogen-bond acceptors (Lipinski definition) is 6. The van der Waals surface area contributed by atoms with Crippen LogP contribution in [0.5, 0.6) is 0 Å². The molecular formula is C10H12BrN3O4. The van der Waals surface area contributed by atoms with Gasteiger partial charge in [0.05, 0.1) is 16.0 Å². The van der Waals surface area contributed by atoms with Gasteiger partial charge in [-0.15, -0.1) is 0 Å². The van der Waals surface area contributed by atoms with Crippen molar-refractivity contribution in [1.29, 1.82) is 0 Å². The lowest BCUT2D eigenvalue weighted by Crippen LogP contribution is -2.28. The predicted molar refractivity (Wildman–Crippen MR) is 68.5 cm³/mol. The lowest BCUT2D eigenvalue weighted by atomic mass is 10.4. The molecule has 1 aromatic rings. The number of ether oxygens (including phenoxy) is 1. The van der Waals surface area contributed by atoms with Crippen molar-refractivity contribution in [2.24, 2.45) is 0 Å². The molecule has 0 amide bonds. The standard InChI is InChI=1S/C10H12BrN3O4/c1-3-18-9(15)6-13(2)10-8(11)4-7(5-12-10)14(16)17/h4-5H,3,6H2,1-2H3. The average molecular weight is 318 g/mol. The molecule has 1 aromatic heterocycles. The number of rotatable bonds is 5. The summed E-state index contributed by atoms with van der Waals surface area (Å²) in [5.74, 6) is 0.0562. The highest BCUT2D eigenvalue weighted by atomic mass is 79.9. The first-order chi connectivity index (χ1) is 8.45. The van der Waals surface area contributed by atoms with E-state index in [9.17, 15) is 14.9 Å². The number of carbonyl (C=O) groups is 1. The normalized spacial score (nSPS) is 9.94. The Morgan fingerprint density at radius 2 is 2.33 bits per heavy atom. The van der Waals surface area contributed by atoms with Crippen LogP contribution in [0.15, 0.2) is 16.7 Å². The molecule has 0 bridgehead atoms. The summed E-state index contributed by atoms with van der Waals surface area (Å²) in [6.45, 7) is 2.05.